The SMILES string of the molecule is CC1CCN(C2CCN(S(=O)(=O)c3ccc(-c4ccccc4F)cc3)CC2)CC1. The van der Waals surface area contributed by atoms with E-state index in [1.807, 2.05) is 0 Å². The highest BCUT2D eigenvalue weighted by atomic mass is 32.2. The highest BCUT2D eigenvalue weighted by Gasteiger charge is 2.32. The average Bonchev–Trinajstić information content (AvgIpc) is 2.75. The summed E-state index contributed by atoms with van der Waals surface area (Å²) in [4.78, 5) is 2.83. The Bertz CT molecular complexity index is 930. The van der Waals surface area contributed by atoms with Crippen LogP contribution in [0.4, 0.5) is 4.39 Å². The molecule has 0 radical (unpaired) electrons. The van der Waals surface area contributed by atoms with Crippen molar-refractivity contribution in [3.05, 3.63) is 54.3 Å². The van der Waals surface area contributed by atoms with Crippen molar-refractivity contribution >= 4 is 10.0 Å². The van der Waals surface area contributed by atoms with Crippen molar-refractivity contribution in [1.29, 1.82) is 0 Å². The highest BCUT2D eigenvalue weighted by molar-refractivity contribution is 7.89. The molecule has 0 N–H and O–H groups in total. The number of likely N-dealkylation sites (tertiary alicyclic amines) is 1. The highest BCUT2D eigenvalue weighted by Crippen LogP contribution is 2.28. The molecular weight excluding hydrogens is 387 g/mol. The van der Waals surface area contributed by atoms with Crippen molar-refractivity contribution < 1.29 is 12.8 Å². The van der Waals surface area contributed by atoms with Gasteiger partial charge >= 0.3 is 0 Å². The molecule has 0 atom stereocenters. The van der Waals surface area contributed by atoms with Gasteiger partial charge in [0.25, 0.3) is 0 Å². The van der Waals surface area contributed by atoms with Crippen LogP contribution in [0.1, 0.15) is 32.6 Å². The van der Waals surface area contributed by atoms with Crippen LogP contribution in [-0.2, 0) is 10.0 Å². The van der Waals surface area contributed by atoms with E-state index in [0.29, 0.717) is 30.3 Å². The number of nitrogens with zero attached hydrogens (tertiary/aromatic N) is 2. The second kappa shape index (κ2) is 8.54. The lowest BCUT2D eigenvalue weighted by Crippen LogP contribution is -2.48. The molecule has 0 aromatic heterocycles. The number of rotatable bonds is 4. The molecule has 2 aliphatic heterocycles. The standard InChI is InChI=1S/C23H29FN2O2S/c1-18-10-14-25(15-11-18)20-12-16-26(17-13-20)29(27,28)21-8-6-19(7-9-21)22-4-2-3-5-23(22)24/h2-9,18,20H,10-17H2,1H3. The first kappa shape index (κ1) is 20.5. The van der Waals surface area contributed by atoms with E-state index in [9.17, 15) is 12.8 Å². The van der Waals surface area contributed by atoms with Gasteiger partial charge in [-0.2, -0.15) is 4.31 Å². The Morgan fingerprint density at radius 1 is 0.862 bits per heavy atom. The van der Waals surface area contributed by atoms with Gasteiger partial charge in [0.2, 0.25) is 10.0 Å². The van der Waals surface area contributed by atoms with E-state index in [4.69, 9.17) is 0 Å². The van der Waals surface area contributed by atoms with Gasteiger partial charge in [0, 0.05) is 24.7 Å². The molecule has 0 saturated carbocycles. The van der Waals surface area contributed by atoms with Gasteiger partial charge in [-0.25, -0.2) is 12.8 Å². The Morgan fingerprint density at radius 2 is 1.48 bits per heavy atom. The van der Waals surface area contributed by atoms with Crippen molar-refractivity contribution in [3.63, 3.8) is 0 Å². The van der Waals surface area contributed by atoms with Gasteiger partial charge in [-0.05, 0) is 68.5 Å². The first-order valence-corrected chi connectivity index (χ1v) is 12.0. The summed E-state index contributed by atoms with van der Waals surface area (Å²) < 4.78 is 41.7. The van der Waals surface area contributed by atoms with Crippen LogP contribution in [0.25, 0.3) is 11.1 Å². The molecule has 4 rings (SSSR count). The van der Waals surface area contributed by atoms with E-state index in [1.165, 1.54) is 18.9 Å². The molecule has 2 aromatic rings. The molecule has 29 heavy (non-hydrogen) atoms. The third kappa shape index (κ3) is 4.39. The number of hydrogen-bond acceptors (Lipinski definition) is 3. The minimum atomic E-state index is -3.51. The Labute approximate surface area is 173 Å². The van der Waals surface area contributed by atoms with Gasteiger partial charge in [0.15, 0.2) is 0 Å². The lowest BCUT2D eigenvalue weighted by molar-refractivity contribution is 0.101. The van der Waals surface area contributed by atoms with Crippen molar-refractivity contribution in [1.82, 2.24) is 9.21 Å². The van der Waals surface area contributed by atoms with Gasteiger partial charge in [-0.15, -0.1) is 0 Å². The first-order valence-electron chi connectivity index (χ1n) is 10.5. The zero-order chi connectivity index (χ0) is 20.4. The van der Waals surface area contributed by atoms with Crippen LogP contribution < -0.4 is 0 Å². The van der Waals surface area contributed by atoms with Gasteiger partial charge in [0.05, 0.1) is 4.90 Å². The van der Waals surface area contributed by atoms with Crippen molar-refractivity contribution in [3.8, 4) is 11.1 Å². The third-order valence-electron chi connectivity index (χ3n) is 6.44. The summed E-state index contributed by atoms with van der Waals surface area (Å²) in [5.74, 6) is 0.497. The Balaban J connectivity index is 1.42. The normalized spacial score (nSPS) is 20.8. The van der Waals surface area contributed by atoms with E-state index in [0.717, 1.165) is 31.8 Å². The number of halogens is 1. The summed E-state index contributed by atoms with van der Waals surface area (Å²) in [6, 6.07) is 13.6. The largest absolute Gasteiger partial charge is 0.300 e. The molecule has 2 aliphatic rings. The van der Waals surface area contributed by atoms with Crippen molar-refractivity contribution in [2.24, 2.45) is 5.92 Å². The Morgan fingerprint density at radius 3 is 2.10 bits per heavy atom. The average molecular weight is 417 g/mol. The molecule has 2 saturated heterocycles. The number of sulfonamides is 1. The Hall–Kier alpha value is -1.76. The summed E-state index contributed by atoms with van der Waals surface area (Å²) in [5, 5.41) is 0. The Kier molecular flexibility index (Phi) is 6.04. The fourth-order valence-electron chi connectivity index (χ4n) is 4.49. The van der Waals surface area contributed by atoms with Crippen LogP contribution in [0.15, 0.2) is 53.4 Å². The van der Waals surface area contributed by atoms with E-state index in [1.54, 1.807) is 46.8 Å². The quantitative estimate of drug-likeness (QED) is 0.743. The summed E-state index contributed by atoms with van der Waals surface area (Å²) in [5.41, 5.74) is 1.16. The number of benzene rings is 2. The molecule has 0 bridgehead atoms. The number of piperidine rings is 2. The smallest absolute Gasteiger partial charge is 0.243 e. The van der Waals surface area contributed by atoms with Crippen LogP contribution in [-0.4, -0.2) is 49.8 Å². The molecule has 0 aliphatic carbocycles. The monoisotopic (exact) mass is 416 g/mol. The van der Waals surface area contributed by atoms with Gasteiger partial charge < -0.3 is 4.90 Å². The lowest BCUT2D eigenvalue weighted by atomic mass is 9.95. The van der Waals surface area contributed by atoms with Gasteiger partial charge in [0.1, 0.15) is 5.82 Å². The summed E-state index contributed by atoms with van der Waals surface area (Å²) in [6.45, 7) is 5.71. The van der Waals surface area contributed by atoms with Crippen LogP contribution >= 0.6 is 0 Å². The summed E-state index contributed by atoms with van der Waals surface area (Å²) >= 11 is 0. The predicted molar refractivity (Wildman–Crippen MR) is 114 cm³/mol. The maximum absolute atomic E-state index is 14.0. The van der Waals surface area contributed by atoms with Crippen LogP contribution in [0.5, 0.6) is 0 Å². The maximum atomic E-state index is 14.0. The zero-order valence-corrected chi connectivity index (χ0v) is 17.7. The van der Waals surface area contributed by atoms with Gasteiger partial charge in [-0.3, -0.25) is 0 Å². The van der Waals surface area contributed by atoms with E-state index in [-0.39, 0.29) is 10.7 Å². The maximum Gasteiger partial charge on any atom is 0.243 e. The van der Waals surface area contributed by atoms with Crippen LogP contribution in [0.2, 0.25) is 0 Å². The predicted octanol–water partition coefficient (Wildman–Crippen LogP) is 4.38. The van der Waals surface area contributed by atoms with Crippen molar-refractivity contribution in [2.45, 2.75) is 43.5 Å². The van der Waals surface area contributed by atoms with Gasteiger partial charge in [-0.1, -0.05) is 37.3 Å². The molecule has 156 valence electrons. The first-order chi connectivity index (χ1) is 13.9. The minimum absolute atomic E-state index is 0.280. The second-order valence-electron chi connectivity index (χ2n) is 8.36. The lowest BCUT2D eigenvalue weighted by Gasteiger charge is -2.41. The summed E-state index contributed by atoms with van der Waals surface area (Å²) in [6.07, 6.45) is 4.27. The van der Waals surface area contributed by atoms with Crippen molar-refractivity contribution in [2.75, 3.05) is 26.2 Å². The van der Waals surface area contributed by atoms with Crippen LogP contribution in [0.3, 0.4) is 0 Å². The topological polar surface area (TPSA) is 40.6 Å². The molecule has 4 nitrogen and oxygen atoms in total. The number of hydrogen-bond donors (Lipinski definition) is 0. The molecule has 0 unspecified atom stereocenters. The molecule has 6 heteroatoms. The fraction of sp³-hybridized carbons (Fsp3) is 0.478. The van der Waals surface area contributed by atoms with Crippen LogP contribution in [0, 0.1) is 11.7 Å². The molecule has 2 fully saturated rings. The molecule has 0 spiro atoms. The zero-order valence-electron chi connectivity index (χ0n) is 16.9. The second-order valence-corrected chi connectivity index (χ2v) is 10.3. The summed E-state index contributed by atoms with van der Waals surface area (Å²) in [7, 11) is -3.51. The molecule has 2 heterocycles. The van der Waals surface area contributed by atoms with E-state index >= 15 is 0 Å². The minimum Gasteiger partial charge on any atom is -0.300 e. The fourth-order valence-corrected chi connectivity index (χ4v) is 5.96. The molecular formula is C23H29FN2O2S. The van der Waals surface area contributed by atoms with E-state index in [2.05, 4.69) is 11.8 Å². The molecule has 0 amide bonds. The third-order valence-corrected chi connectivity index (χ3v) is 8.35. The molecule has 2 aromatic carbocycles. The van der Waals surface area contributed by atoms with E-state index < -0.39 is 10.0 Å².